The Labute approximate surface area is 98.6 Å². The van der Waals surface area contributed by atoms with Crippen molar-refractivity contribution in [3.05, 3.63) is 24.0 Å². The molecule has 0 spiro atoms. The van der Waals surface area contributed by atoms with Crippen molar-refractivity contribution in [2.24, 2.45) is 5.73 Å². The Kier molecular flexibility index (Phi) is 2.48. The van der Waals surface area contributed by atoms with Gasteiger partial charge in [0.25, 0.3) is 0 Å². The van der Waals surface area contributed by atoms with E-state index in [1.54, 1.807) is 6.07 Å². The number of benzene rings is 1. The molecule has 2 heterocycles. The molecule has 0 bridgehead atoms. The van der Waals surface area contributed by atoms with Gasteiger partial charge >= 0.3 is 0 Å². The lowest BCUT2D eigenvalue weighted by Gasteiger charge is -2.22. The van der Waals surface area contributed by atoms with Crippen LogP contribution in [0.15, 0.2) is 18.2 Å². The first-order chi connectivity index (χ1) is 8.28. The summed E-state index contributed by atoms with van der Waals surface area (Å²) in [6, 6.07) is 4.94. The molecule has 1 aromatic heterocycles. The Morgan fingerprint density at radius 3 is 3.24 bits per heavy atom. The van der Waals surface area contributed by atoms with E-state index in [0.29, 0.717) is 12.6 Å². The van der Waals surface area contributed by atoms with Crippen molar-refractivity contribution in [3.8, 4) is 0 Å². The zero-order chi connectivity index (χ0) is 11.8. The summed E-state index contributed by atoms with van der Waals surface area (Å²) in [5.74, 6) is 0.558. The molecule has 3 N–H and O–H groups in total. The fourth-order valence-corrected chi connectivity index (χ4v) is 2.46. The van der Waals surface area contributed by atoms with Crippen LogP contribution in [0.25, 0.3) is 11.0 Å². The molecule has 1 aromatic carbocycles. The summed E-state index contributed by atoms with van der Waals surface area (Å²) in [6.07, 6.45) is 2.23. The number of hydrogen-bond acceptors (Lipinski definition) is 3. The van der Waals surface area contributed by atoms with Gasteiger partial charge in [-0.3, -0.25) is 0 Å². The molecule has 0 radical (unpaired) electrons. The van der Waals surface area contributed by atoms with Gasteiger partial charge < -0.3 is 15.6 Å². The minimum atomic E-state index is -0.246. The second-order valence-electron chi connectivity index (χ2n) is 4.45. The molecule has 1 saturated heterocycles. The molecule has 3 rings (SSSR count). The molecule has 0 amide bonds. The number of H-pyrrole nitrogens is 1. The first-order valence-electron chi connectivity index (χ1n) is 5.90. The third kappa shape index (κ3) is 1.76. The van der Waals surface area contributed by atoms with E-state index in [1.165, 1.54) is 12.1 Å². The maximum Gasteiger partial charge on any atom is 0.204 e. The van der Waals surface area contributed by atoms with Crippen LogP contribution in [0.5, 0.6) is 0 Å². The Morgan fingerprint density at radius 1 is 1.53 bits per heavy atom. The number of hydrogen-bond donors (Lipinski definition) is 2. The third-order valence-corrected chi connectivity index (χ3v) is 3.35. The summed E-state index contributed by atoms with van der Waals surface area (Å²) in [4.78, 5) is 9.82. The maximum atomic E-state index is 13.1. The van der Waals surface area contributed by atoms with Gasteiger partial charge in [0.1, 0.15) is 5.82 Å². The fourth-order valence-electron chi connectivity index (χ4n) is 2.46. The summed E-state index contributed by atoms with van der Waals surface area (Å²) in [6.45, 7) is 1.59. The number of anilines is 1. The average Bonchev–Trinajstić information content (AvgIpc) is 2.93. The molecule has 1 aliphatic rings. The van der Waals surface area contributed by atoms with Gasteiger partial charge in [0.2, 0.25) is 5.95 Å². The highest BCUT2D eigenvalue weighted by Gasteiger charge is 2.25. The number of aromatic amines is 1. The van der Waals surface area contributed by atoms with E-state index in [9.17, 15) is 4.39 Å². The van der Waals surface area contributed by atoms with Crippen molar-refractivity contribution in [2.45, 2.75) is 18.9 Å². The quantitative estimate of drug-likeness (QED) is 0.830. The lowest BCUT2D eigenvalue weighted by molar-refractivity contribution is 0.629. The van der Waals surface area contributed by atoms with Crippen LogP contribution in [0.4, 0.5) is 10.3 Å². The van der Waals surface area contributed by atoms with Crippen LogP contribution >= 0.6 is 0 Å². The maximum absolute atomic E-state index is 13.1. The van der Waals surface area contributed by atoms with Crippen LogP contribution < -0.4 is 10.6 Å². The molecule has 17 heavy (non-hydrogen) atoms. The largest absolute Gasteiger partial charge is 0.338 e. The van der Waals surface area contributed by atoms with Crippen molar-refractivity contribution in [1.29, 1.82) is 0 Å². The number of rotatable bonds is 2. The molecule has 1 unspecified atom stereocenters. The molecule has 4 nitrogen and oxygen atoms in total. The van der Waals surface area contributed by atoms with Gasteiger partial charge in [-0.05, 0) is 31.0 Å². The van der Waals surface area contributed by atoms with E-state index >= 15 is 0 Å². The molecule has 5 heteroatoms. The highest BCUT2D eigenvalue weighted by atomic mass is 19.1. The normalized spacial score (nSPS) is 20.4. The number of imidazole rings is 1. The molecule has 2 aromatic rings. The van der Waals surface area contributed by atoms with Crippen LogP contribution in [0.3, 0.4) is 0 Å². The molecule has 1 fully saturated rings. The van der Waals surface area contributed by atoms with E-state index in [-0.39, 0.29) is 5.82 Å². The van der Waals surface area contributed by atoms with Gasteiger partial charge in [0.15, 0.2) is 0 Å². The molecule has 0 aliphatic carbocycles. The number of nitrogens with one attached hydrogen (secondary N) is 1. The van der Waals surface area contributed by atoms with Gasteiger partial charge in [-0.15, -0.1) is 0 Å². The molecule has 90 valence electrons. The Hall–Kier alpha value is -1.62. The minimum absolute atomic E-state index is 0.246. The fraction of sp³-hybridized carbons (Fsp3) is 0.417. The van der Waals surface area contributed by atoms with Gasteiger partial charge in [-0.2, -0.15) is 0 Å². The van der Waals surface area contributed by atoms with Gasteiger partial charge in [-0.25, -0.2) is 9.37 Å². The SMILES string of the molecule is NCC1CCCN1c1nc2ccc(F)cc2[nH]1. The van der Waals surface area contributed by atoms with Crippen molar-refractivity contribution in [2.75, 3.05) is 18.0 Å². The van der Waals surface area contributed by atoms with Crippen molar-refractivity contribution >= 4 is 17.0 Å². The Bertz CT molecular complexity index is 536. The summed E-state index contributed by atoms with van der Waals surface area (Å²) in [5.41, 5.74) is 7.27. The van der Waals surface area contributed by atoms with Crippen LogP contribution in [-0.4, -0.2) is 29.1 Å². The van der Waals surface area contributed by atoms with E-state index in [1.807, 2.05) is 0 Å². The smallest absolute Gasteiger partial charge is 0.204 e. The zero-order valence-electron chi connectivity index (χ0n) is 9.49. The van der Waals surface area contributed by atoms with Gasteiger partial charge in [0.05, 0.1) is 11.0 Å². The highest BCUT2D eigenvalue weighted by molar-refractivity contribution is 5.77. The van der Waals surface area contributed by atoms with Crippen LogP contribution in [0, 0.1) is 5.82 Å². The van der Waals surface area contributed by atoms with E-state index in [2.05, 4.69) is 14.9 Å². The van der Waals surface area contributed by atoms with Gasteiger partial charge in [0, 0.05) is 19.1 Å². The third-order valence-electron chi connectivity index (χ3n) is 3.35. The second-order valence-corrected chi connectivity index (χ2v) is 4.45. The lowest BCUT2D eigenvalue weighted by Crippen LogP contribution is -2.36. The summed E-state index contributed by atoms with van der Waals surface area (Å²) in [7, 11) is 0. The van der Waals surface area contributed by atoms with E-state index in [4.69, 9.17) is 5.73 Å². The first-order valence-corrected chi connectivity index (χ1v) is 5.90. The first kappa shape index (κ1) is 10.5. The number of halogens is 1. The van der Waals surface area contributed by atoms with Crippen molar-refractivity contribution < 1.29 is 4.39 Å². The Morgan fingerprint density at radius 2 is 2.41 bits per heavy atom. The average molecular weight is 234 g/mol. The van der Waals surface area contributed by atoms with Crippen molar-refractivity contribution in [1.82, 2.24) is 9.97 Å². The minimum Gasteiger partial charge on any atom is -0.338 e. The summed E-state index contributed by atoms with van der Waals surface area (Å²) < 4.78 is 13.1. The number of aromatic nitrogens is 2. The monoisotopic (exact) mass is 234 g/mol. The molecular weight excluding hydrogens is 219 g/mol. The molecule has 1 aliphatic heterocycles. The highest BCUT2D eigenvalue weighted by Crippen LogP contribution is 2.25. The van der Waals surface area contributed by atoms with Crippen molar-refractivity contribution in [3.63, 3.8) is 0 Å². The Balaban J connectivity index is 2.00. The van der Waals surface area contributed by atoms with Crippen LogP contribution in [-0.2, 0) is 0 Å². The number of fused-ring (bicyclic) bond motifs is 1. The van der Waals surface area contributed by atoms with Crippen LogP contribution in [0.2, 0.25) is 0 Å². The summed E-state index contributed by atoms with van der Waals surface area (Å²) >= 11 is 0. The lowest BCUT2D eigenvalue weighted by atomic mass is 10.2. The van der Waals surface area contributed by atoms with E-state index < -0.39 is 0 Å². The zero-order valence-corrected chi connectivity index (χ0v) is 9.49. The van der Waals surface area contributed by atoms with E-state index in [0.717, 1.165) is 36.4 Å². The predicted octanol–water partition coefficient (Wildman–Crippen LogP) is 1.63. The van der Waals surface area contributed by atoms with Gasteiger partial charge in [-0.1, -0.05) is 0 Å². The number of nitrogens with two attached hydrogens (primary N) is 1. The second kappa shape index (κ2) is 4.00. The predicted molar refractivity (Wildman–Crippen MR) is 65.5 cm³/mol. The molecular formula is C12H15FN4. The molecule has 1 atom stereocenters. The molecule has 0 saturated carbocycles. The number of nitrogens with zero attached hydrogens (tertiary/aromatic N) is 2. The standard InChI is InChI=1S/C12H15FN4/c13-8-3-4-10-11(6-8)16-12(15-10)17-5-1-2-9(17)7-14/h3-4,6,9H,1-2,5,7,14H2,(H,15,16). The summed E-state index contributed by atoms with van der Waals surface area (Å²) in [5, 5.41) is 0. The topological polar surface area (TPSA) is 57.9 Å². The van der Waals surface area contributed by atoms with Crippen LogP contribution in [0.1, 0.15) is 12.8 Å².